The molecule has 0 N–H and O–H groups in total. The van der Waals surface area contributed by atoms with Gasteiger partial charge in [0.05, 0.1) is 0 Å². The third-order valence-corrected chi connectivity index (χ3v) is 3.79. The van der Waals surface area contributed by atoms with E-state index in [4.69, 9.17) is 0 Å². The quantitative estimate of drug-likeness (QED) is 0.744. The molecule has 1 aliphatic rings. The topological polar surface area (TPSA) is 23.6 Å². The second-order valence-electron chi connectivity index (χ2n) is 6.33. The van der Waals surface area contributed by atoms with Gasteiger partial charge in [-0.05, 0) is 24.8 Å². The van der Waals surface area contributed by atoms with Crippen LogP contribution in [0.1, 0.15) is 40.0 Å². The Morgan fingerprint density at radius 2 is 1.89 bits per heavy atom. The Kier molecular flexibility index (Phi) is 6.64. The monoisotopic (exact) mass is 318 g/mol. The van der Waals surface area contributed by atoms with Crippen molar-refractivity contribution in [2.45, 2.75) is 40.0 Å². The van der Waals surface area contributed by atoms with Gasteiger partial charge in [-0.25, -0.2) is 0 Å². The second kappa shape index (κ2) is 7.49. The van der Waals surface area contributed by atoms with Gasteiger partial charge in [0, 0.05) is 37.9 Å². The first-order valence-corrected chi connectivity index (χ1v) is 8.10. The molecule has 1 rings (SSSR count). The predicted octanol–water partition coefficient (Wildman–Crippen LogP) is 2.74. The molecule has 1 saturated heterocycles. The summed E-state index contributed by atoms with van der Waals surface area (Å²) in [6.07, 6.45) is 2.78. The van der Waals surface area contributed by atoms with Crippen LogP contribution in [0, 0.1) is 5.41 Å². The third kappa shape index (κ3) is 6.19. The Balaban J connectivity index is 2.35. The van der Waals surface area contributed by atoms with Gasteiger partial charge in [0.2, 0.25) is 5.91 Å². The van der Waals surface area contributed by atoms with Crippen LogP contribution in [0.4, 0.5) is 0 Å². The highest BCUT2D eigenvalue weighted by Gasteiger charge is 2.20. The minimum absolute atomic E-state index is 0.253. The molecule has 0 spiro atoms. The fourth-order valence-corrected chi connectivity index (χ4v) is 2.71. The molecule has 0 saturated carbocycles. The SMILES string of the molecule is CC(C)(C)CCC(=O)N1CCCN(CCBr)CC1. The van der Waals surface area contributed by atoms with Crippen LogP contribution in [0.2, 0.25) is 0 Å². The maximum atomic E-state index is 12.2. The zero-order valence-corrected chi connectivity index (χ0v) is 13.6. The number of amides is 1. The lowest BCUT2D eigenvalue weighted by Crippen LogP contribution is -2.35. The lowest BCUT2D eigenvalue weighted by molar-refractivity contribution is -0.131. The van der Waals surface area contributed by atoms with E-state index >= 15 is 0 Å². The van der Waals surface area contributed by atoms with Crippen LogP contribution in [0.5, 0.6) is 0 Å². The zero-order chi connectivity index (χ0) is 13.6. The molecular formula is C14H27BrN2O. The van der Waals surface area contributed by atoms with Gasteiger partial charge >= 0.3 is 0 Å². The summed E-state index contributed by atoms with van der Waals surface area (Å²) in [4.78, 5) is 16.7. The van der Waals surface area contributed by atoms with Crippen molar-refractivity contribution < 1.29 is 4.79 Å². The molecule has 1 heterocycles. The molecule has 0 radical (unpaired) electrons. The van der Waals surface area contributed by atoms with Crippen LogP contribution in [-0.2, 0) is 4.79 Å². The lowest BCUT2D eigenvalue weighted by atomic mass is 9.90. The molecule has 0 aromatic carbocycles. The summed E-state index contributed by atoms with van der Waals surface area (Å²) in [6, 6.07) is 0. The molecule has 0 bridgehead atoms. The Labute approximate surface area is 120 Å². The Morgan fingerprint density at radius 1 is 1.17 bits per heavy atom. The van der Waals surface area contributed by atoms with E-state index in [1.165, 1.54) is 0 Å². The van der Waals surface area contributed by atoms with Gasteiger partial charge in [0.1, 0.15) is 0 Å². The van der Waals surface area contributed by atoms with Crippen LogP contribution in [0.15, 0.2) is 0 Å². The highest BCUT2D eigenvalue weighted by molar-refractivity contribution is 9.09. The first-order chi connectivity index (χ1) is 8.42. The summed E-state index contributed by atoms with van der Waals surface area (Å²) in [5.74, 6) is 0.339. The van der Waals surface area contributed by atoms with Gasteiger partial charge < -0.3 is 9.80 Å². The number of nitrogens with zero attached hydrogens (tertiary/aromatic N) is 2. The van der Waals surface area contributed by atoms with Crippen molar-refractivity contribution in [3.63, 3.8) is 0 Å². The van der Waals surface area contributed by atoms with Crippen molar-refractivity contribution >= 4 is 21.8 Å². The minimum atomic E-state index is 0.253. The lowest BCUT2D eigenvalue weighted by Gasteiger charge is -2.24. The van der Waals surface area contributed by atoms with Crippen LogP contribution < -0.4 is 0 Å². The average molecular weight is 319 g/mol. The number of hydrogen-bond acceptors (Lipinski definition) is 2. The molecule has 0 atom stereocenters. The summed E-state index contributed by atoms with van der Waals surface area (Å²) in [5.41, 5.74) is 0.253. The van der Waals surface area contributed by atoms with Crippen LogP contribution in [-0.4, -0.2) is 53.8 Å². The maximum Gasteiger partial charge on any atom is 0.222 e. The number of carbonyl (C=O) groups is 1. The van der Waals surface area contributed by atoms with Gasteiger partial charge in [0.25, 0.3) is 0 Å². The van der Waals surface area contributed by atoms with E-state index in [1.54, 1.807) is 0 Å². The van der Waals surface area contributed by atoms with Crippen molar-refractivity contribution in [2.24, 2.45) is 5.41 Å². The molecule has 1 fully saturated rings. The average Bonchev–Trinajstić information content (AvgIpc) is 2.51. The molecule has 1 amide bonds. The predicted molar refractivity (Wildman–Crippen MR) is 80.1 cm³/mol. The molecule has 0 unspecified atom stereocenters. The molecule has 3 nitrogen and oxygen atoms in total. The van der Waals surface area contributed by atoms with E-state index in [-0.39, 0.29) is 5.41 Å². The number of alkyl halides is 1. The molecule has 1 aliphatic heterocycles. The summed E-state index contributed by atoms with van der Waals surface area (Å²) in [7, 11) is 0. The summed E-state index contributed by atoms with van der Waals surface area (Å²) >= 11 is 3.48. The Hall–Kier alpha value is -0.0900. The molecular weight excluding hydrogens is 292 g/mol. The van der Waals surface area contributed by atoms with E-state index in [0.29, 0.717) is 12.3 Å². The smallest absolute Gasteiger partial charge is 0.222 e. The normalized spacial score (nSPS) is 18.8. The summed E-state index contributed by atoms with van der Waals surface area (Å²) in [5, 5.41) is 1.02. The van der Waals surface area contributed by atoms with E-state index in [9.17, 15) is 4.79 Å². The Morgan fingerprint density at radius 3 is 2.50 bits per heavy atom. The van der Waals surface area contributed by atoms with Crippen LogP contribution in [0.25, 0.3) is 0 Å². The van der Waals surface area contributed by atoms with Crippen LogP contribution in [0.3, 0.4) is 0 Å². The number of carbonyl (C=O) groups excluding carboxylic acids is 1. The van der Waals surface area contributed by atoms with Crippen molar-refractivity contribution in [1.82, 2.24) is 9.80 Å². The van der Waals surface area contributed by atoms with Gasteiger partial charge in [0.15, 0.2) is 0 Å². The van der Waals surface area contributed by atoms with E-state index in [0.717, 1.165) is 50.9 Å². The largest absolute Gasteiger partial charge is 0.341 e. The van der Waals surface area contributed by atoms with Crippen molar-refractivity contribution in [3.05, 3.63) is 0 Å². The van der Waals surface area contributed by atoms with Gasteiger partial charge in [-0.2, -0.15) is 0 Å². The zero-order valence-electron chi connectivity index (χ0n) is 12.0. The first-order valence-electron chi connectivity index (χ1n) is 6.98. The fraction of sp³-hybridized carbons (Fsp3) is 0.929. The van der Waals surface area contributed by atoms with E-state index < -0.39 is 0 Å². The molecule has 0 aromatic rings. The van der Waals surface area contributed by atoms with Gasteiger partial charge in [-0.1, -0.05) is 36.7 Å². The molecule has 0 aromatic heterocycles. The number of halogens is 1. The number of rotatable bonds is 4. The first kappa shape index (κ1) is 16.0. The highest BCUT2D eigenvalue weighted by atomic mass is 79.9. The maximum absolute atomic E-state index is 12.2. The van der Waals surface area contributed by atoms with Crippen molar-refractivity contribution in [2.75, 3.05) is 38.1 Å². The van der Waals surface area contributed by atoms with Gasteiger partial charge in [-0.15, -0.1) is 0 Å². The van der Waals surface area contributed by atoms with Crippen LogP contribution >= 0.6 is 15.9 Å². The summed E-state index contributed by atoms with van der Waals surface area (Å²) in [6.45, 7) is 11.6. The number of hydrogen-bond donors (Lipinski definition) is 0. The van der Waals surface area contributed by atoms with Crippen molar-refractivity contribution in [1.29, 1.82) is 0 Å². The molecule has 4 heteroatoms. The van der Waals surface area contributed by atoms with E-state index in [1.807, 2.05) is 0 Å². The van der Waals surface area contributed by atoms with Gasteiger partial charge in [-0.3, -0.25) is 4.79 Å². The molecule has 18 heavy (non-hydrogen) atoms. The summed E-state index contributed by atoms with van der Waals surface area (Å²) < 4.78 is 0. The highest BCUT2D eigenvalue weighted by Crippen LogP contribution is 2.21. The second-order valence-corrected chi connectivity index (χ2v) is 7.12. The Bertz CT molecular complexity index is 263. The third-order valence-electron chi connectivity index (χ3n) is 3.43. The molecule has 0 aliphatic carbocycles. The van der Waals surface area contributed by atoms with E-state index in [2.05, 4.69) is 46.5 Å². The fourth-order valence-electron chi connectivity index (χ4n) is 2.20. The standard InChI is InChI=1S/C14H27BrN2O/c1-14(2,3)6-5-13(18)17-9-4-8-16(10-7-15)11-12-17/h4-12H2,1-3H3. The minimum Gasteiger partial charge on any atom is -0.341 e. The molecule has 106 valence electrons. The van der Waals surface area contributed by atoms with Crippen molar-refractivity contribution in [3.8, 4) is 0 Å².